The molecular weight excluding hydrogens is 194 g/mol. The first kappa shape index (κ1) is 11.0. The molecule has 1 aromatic heterocycles. The van der Waals surface area contributed by atoms with Gasteiger partial charge in [-0.1, -0.05) is 12.6 Å². The van der Waals surface area contributed by atoms with E-state index >= 15 is 0 Å². The largest absolute Gasteiger partial charge is 0.332 e. The van der Waals surface area contributed by atoms with Crippen LogP contribution in [0.3, 0.4) is 0 Å². The first-order valence-corrected chi connectivity index (χ1v) is 5.48. The Morgan fingerprint density at radius 1 is 1.71 bits per heavy atom. The van der Waals surface area contributed by atoms with Crippen molar-refractivity contribution in [1.82, 2.24) is 4.90 Å². The van der Waals surface area contributed by atoms with E-state index in [9.17, 15) is 4.79 Å². The number of hydrogen-bond donors (Lipinski definition) is 0. The summed E-state index contributed by atoms with van der Waals surface area (Å²) in [5.41, 5.74) is 0. The lowest BCUT2D eigenvalue weighted by molar-refractivity contribution is -0.128. The van der Waals surface area contributed by atoms with Crippen LogP contribution >= 0.6 is 11.3 Å². The molecule has 1 rings (SSSR count). The number of nitrogens with zero attached hydrogens (tertiary/aromatic N) is 1. The topological polar surface area (TPSA) is 20.3 Å². The Morgan fingerprint density at radius 2 is 2.43 bits per heavy atom. The van der Waals surface area contributed by atoms with E-state index < -0.39 is 0 Å². The molecule has 3 heteroatoms. The van der Waals surface area contributed by atoms with E-state index in [2.05, 4.69) is 6.58 Å². The van der Waals surface area contributed by atoms with E-state index in [1.165, 1.54) is 11.0 Å². The van der Waals surface area contributed by atoms with Crippen molar-refractivity contribution in [2.24, 2.45) is 0 Å². The third kappa shape index (κ3) is 2.70. The monoisotopic (exact) mass is 209 g/mol. The van der Waals surface area contributed by atoms with Gasteiger partial charge in [0.05, 0.1) is 6.54 Å². The number of amides is 1. The van der Waals surface area contributed by atoms with E-state index in [1.54, 1.807) is 16.2 Å². The second-order valence-electron chi connectivity index (χ2n) is 3.34. The third-order valence-electron chi connectivity index (χ3n) is 1.99. The molecule has 0 aliphatic rings. The molecule has 2 nitrogen and oxygen atoms in total. The summed E-state index contributed by atoms with van der Waals surface area (Å²) in [6.07, 6.45) is 1.37. The van der Waals surface area contributed by atoms with Crippen molar-refractivity contribution in [3.05, 3.63) is 35.0 Å². The lowest BCUT2D eigenvalue weighted by atomic mass is 10.3. The Balaban J connectivity index is 2.70. The van der Waals surface area contributed by atoms with Crippen molar-refractivity contribution in [2.45, 2.75) is 26.4 Å². The molecule has 0 aliphatic heterocycles. The van der Waals surface area contributed by atoms with Crippen LogP contribution in [0.25, 0.3) is 0 Å². The van der Waals surface area contributed by atoms with Crippen LogP contribution in [0.1, 0.15) is 18.7 Å². The summed E-state index contributed by atoms with van der Waals surface area (Å²) in [6, 6.07) is 4.25. The second-order valence-corrected chi connectivity index (χ2v) is 4.38. The lowest BCUT2D eigenvalue weighted by Crippen LogP contribution is -2.34. The summed E-state index contributed by atoms with van der Waals surface area (Å²) in [5, 5.41) is 2.02. The van der Waals surface area contributed by atoms with Crippen molar-refractivity contribution < 1.29 is 4.79 Å². The van der Waals surface area contributed by atoms with Crippen molar-refractivity contribution in [2.75, 3.05) is 0 Å². The second kappa shape index (κ2) is 4.96. The first-order valence-electron chi connectivity index (χ1n) is 4.60. The zero-order valence-electron chi connectivity index (χ0n) is 8.56. The van der Waals surface area contributed by atoms with Gasteiger partial charge in [0.25, 0.3) is 0 Å². The van der Waals surface area contributed by atoms with Gasteiger partial charge >= 0.3 is 0 Å². The Bertz CT molecular complexity index is 303. The molecule has 0 unspecified atom stereocenters. The minimum absolute atomic E-state index is 0.00611. The third-order valence-corrected chi connectivity index (χ3v) is 2.85. The zero-order chi connectivity index (χ0) is 10.6. The normalized spacial score (nSPS) is 10.2. The molecule has 0 aromatic carbocycles. The molecule has 1 amide bonds. The Morgan fingerprint density at radius 3 is 2.86 bits per heavy atom. The van der Waals surface area contributed by atoms with Gasteiger partial charge in [0.1, 0.15) is 0 Å². The molecular formula is C11H15NOS. The maximum Gasteiger partial charge on any atom is 0.246 e. The van der Waals surface area contributed by atoms with Crippen molar-refractivity contribution >= 4 is 17.2 Å². The molecule has 1 aromatic rings. The van der Waals surface area contributed by atoms with Crippen LogP contribution in [0.15, 0.2) is 30.2 Å². The summed E-state index contributed by atoms with van der Waals surface area (Å²) in [7, 11) is 0. The standard InChI is InChI=1S/C11H15NOS/c1-4-11(13)12(9(2)3)8-10-6-5-7-14-10/h4-7,9H,1,8H2,2-3H3. The minimum Gasteiger partial charge on any atom is -0.332 e. The highest BCUT2D eigenvalue weighted by atomic mass is 32.1. The molecule has 0 spiro atoms. The Kier molecular flexibility index (Phi) is 3.89. The molecule has 0 radical (unpaired) electrons. The van der Waals surface area contributed by atoms with Gasteiger partial charge in [-0.2, -0.15) is 0 Å². The minimum atomic E-state index is -0.00611. The maximum atomic E-state index is 11.5. The maximum absolute atomic E-state index is 11.5. The highest BCUT2D eigenvalue weighted by Gasteiger charge is 2.14. The zero-order valence-corrected chi connectivity index (χ0v) is 9.38. The average molecular weight is 209 g/mol. The van der Waals surface area contributed by atoms with Gasteiger partial charge in [-0.3, -0.25) is 4.79 Å². The number of hydrogen-bond acceptors (Lipinski definition) is 2. The van der Waals surface area contributed by atoms with Gasteiger partial charge in [-0.25, -0.2) is 0 Å². The molecule has 0 saturated heterocycles. The van der Waals surface area contributed by atoms with E-state index in [4.69, 9.17) is 0 Å². The van der Waals surface area contributed by atoms with Crippen LogP contribution in [0.2, 0.25) is 0 Å². The smallest absolute Gasteiger partial charge is 0.246 e. The molecule has 14 heavy (non-hydrogen) atoms. The van der Waals surface area contributed by atoms with Crippen molar-refractivity contribution in [3.63, 3.8) is 0 Å². The van der Waals surface area contributed by atoms with Crippen LogP contribution in [0.5, 0.6) is 0 Å². The summed E-state index contributed by atoms with van der Waals surface area (Å²) < 4.78 is 0. The summed E-state index contributed by atoms with van der Waals surface area (Å²) >= 11 is 1.67. The SMILES string of the molecule is C=CC(=O)N(Cc1cccs1)C(C)C. The molecule has 1 heterocycles. The number of carbonyl (C=O) groups is 1. The fourth-order valence-electron chi connectivity index (χ4n) is 1.20. The summed E-state index contributed by atoms with van der Waals surface area (Å²) in [6.45, 7) is 8.20. The fourth-order valence-corrected chi connectivity index (χ4v) is 1.91. The Hall–Kier alpha value is -1.09. The molecule has 76 valence electrons. The molecule has 0 fully saturated rings. The van der Waals surface area contributed by atoms with Gasteiger partial charge < -0.3 is 4.90 Å². The predicted octanol–water partition coefficient (Wildman–Crippen LogP) is 2.67. The van der Waals surface area contributed by atoms with E-state index in [1.807, 2.05) is 31.4 Å². The molecule has 0 atom stereocenters. The molecule has 0 aliphatic carbocycles. The number of rotatable bonds is 4. The van der Waals surface area contributed by atoms with E-state index in [0.29, 0.717) is 6.54 Å². The molecule has 0 bridgehead atoms. The van der Waals surface area contributed by atoms with Crippen LogP contribution in [-0.4, -0.2) is 16.8 Å². The van der Waals surface area contributed by atoms with Crippen LogP contribution in [0, 0.1) is 0 Å². The highest BCUT2D eigenvalue weighted by molar-refractivity contribution is 7.09. The van der Waals surface area contributed by atoms with Crippen LogP contribution < -0.4 is 0 Å². The van der Waals surface area contributed by atoms with Gasteiger partial charge in [0.2, 0.25) is 5.91 Å². The van der Waals surface area contributed by atoms with Gasteiger partial charge in [0.15, 0.2) is 0 Å². The first-order chi connectivity index (χ1) is 6.65. The number of carbonyl (C=O) groups excluding carboxylic acids is 1. The van der Waals surface area contributed by atoms with Crippen molar-refractivity contribution in [1.29, 1.82) is 0 Å². The highest BCUT2D eigenvalue weighted by Crippen LogP contribution is 2.14. The molecule has 0 N–H and O–H groups in total. The summed E-state index contributed by atoms with van der Waals surface area (Å²) in [5.74, 6) is -0.00611. The molecule has 0 saturated carbocycles. The number of thiophene rings is 1. The van der Waals surface area contributed by atoms with Gasteiger partial charge in [-0.05, 0) is 31.4 Å². The van der Waals surface area contributed by atoms with Crippen LogP contribution in [-0.2, 0) is 11.3 Å². The summed E-state index contributed by atoms with van der Waals surface area (Å²) in [4.78, 5) is 14.5. The Labute approximate surface area is 88.9 Å². The predicted molar refractivity (Wildman–Crippen MR) is 60.2 cm³/mol. The van der Waals surface area contributed by atoms with E-state index in [0.717, 1.165) is 0 Å². The average Bonchev–Trinajstić information content (AvgIpc) is 2.65. The van der Waals surface area contributed by atoms with Crippen LogP contribution in [0.4, 0.5) is 0 Å². The lowest BCUT2D eigenvalue weighted by Gasteiger charge is -2.24. The quantitative estimate of drug-likeness (QED) is 0.698. The van der Waals surface area contributed by atoms with E-state index in [-0.39, 0.29) is 11.9 Å². The van der Waals surface area contributed by atoms with Crippen molar-refractivity contribution in [3.8, 4) is 0 Å². The van der Waals surface area contributed by atoms with Gasteiger partial charge in [0, 0.05) is 10.9 Å². The van der Waals surface area contributed by atoms with Gasteiger partial charge in [-0.15, -0.1) is 11.3 Å². The fraction of sp³-hybridized carbons (Fsp3) is 0.364.